The molecule has 0 aromatic carbocycles. The van der Waals surface area contributed by atoms with Crippen LogP contribution in [0.1, 0.15) is 17.0 Å². The number of aromatic nitrogens is 3. The Labute approximate surface area is 93.4 Å². The summed E-state index contributed by atoms with van der Waals surface area (Å²) in [6.07, 6.45) is 3.48. The molecule has 0 unspecified atom stereocenters. The fraction of sp³-hybridized carbons (Fsp3) is 0.250. The van der Waals surface area contributed by atoms with Crippen LogP contribution in [-0.2, 0) is 0 Å². The zero-order chi connectivity index (χ0) is 11.7. The van der Waals surface area contributed by atoms with E-state index < -0.39 is 0 Å². The molecule has 2 heterocycles. The van der Waals surface area contributed by atoms with Crippen molar-refractivity contribution in [2.24, 2.45) is 0 Å². The lowest BCUT2D eigenvalue weighted by atomic mass is 10.1. The fourth-order valence-electron chi connectivity index (χ4n) is 1.65. The Hall–Kier alpha value is -1.97. The van der Waals surface area contributed by atoms with E-state index in [0.717, 1.165) is 16.8 Å². The second-order valence-corrected chi connectivity index (χ2v) is 3.82. The van der Waals surface area contributed by atoms with Gasteiger partial charge in [-0.05, 0) is 32.4 Å². The van der Waals surface area contributed by atoms with E-state index in [4.69, 9.17) is 0 Å². The number of hydrogen-bond donors (Lipinski definition) is 1. The van der Waals surface area contributed by atoms with E-state index >= 15 is 0 Å². The van der Waals surface area contributed by atoms with Gasteiger partial charge in [0.2, 0.25) is 0 Å². The highest BCUT2D eigenvalue weighted by Crippen LogP contribution is 2.21. The number of H-pyrrole nitrogens is 1. The average Bonchev–Trinajstić information content (AvgIpc) is 2.24. The van der Waals surface area contributed by atoms with Gasteiger partial charge in [0.25, 0.3) is 5.56 Å². The highest BCUT2D eigenvalue weighted by molar-refractivity contribution is 5.65. The molecule has 16 heavy (non-hydrogen) atoms. The van der Waals surface area contributed by atoms with Gasteiger partial charge >= 0.3 is 0 Å². The summed E-state index contributed by atoms with van der Waals surface area (Å²) in [7, 11) is 0. The van der Waals surface area contributed by atoms with Crippen LogP contribution >= 0.6 is 0 Å². The van der Waals surface area contributed by atoms with E-state index in [1.165, 1.54) is 0 Å². The van der Waals surface area contributed by atoms with Crippen LogP contribution in [0.3, 0.4) is 0 Å². The van der Waals surface area contributed by atoms with Crippen molar-refractivity contribution in [1.82, 2.24) is 15.0 Å². The first-order valence-corrected chi connectivity index (χ1v) is 5.08. The average molecular weight is 215 g/mol. The molecule has 0 aliphatic rings. The van der Waals surface area contributed by atoms with Crippen molar-refractivity contribution in [3.05, 3.63) is 45.8 Å². The number of pyridine rings is 1. The van der Waals surface area contributed by atoms with E-state index in [2.05, 4.69) is 15.0 Å². The molecular weight excluding hydrogens is 202 g/mol. The van der Waals surface area contributed by atoms with Crippen LogP contribution in [0.15, 0.2) is 23.3 Å². The number of nitrogens with zero attached hydrogens (tertiary/aromatic N) is 2. The number of hydrogen-bond acceptors (Lipinski definition) is 3. The highest BCUT2D eigenvalue weighted by atomic mass is 16.1. The van der Waals surface area contributed by atoms with Gasteiger partial charge in [-0.25, -0.2) is 4.98 Å². The van der Waals surface area contributed by atoms with E-state index in [0.29, 0.717) is 11.4 Å². The van der Waals surface area contributed by atoms with E-state index in [9.17, 15) is 4.79 Å². The summed E-state index contributed by atoms with van der Waals surface area (Å²) < 4.78 is 0. The Kier molecular flexibility index (Phi) is 2.56. The zero-order valence-corrected chi connectivity index (χ0v) is 9.53. The lowest BCUT2D eigenvalue weighted by Crippen LogP contribution is -2.14. The minimum absolute atomic E-state index is 0.0845. The predicted octanol–water partition coefficient (Wildman–Crippen LogP) is 1.76. The lowest BCUT2D eigenvalue weighted by Gasteiger charge is -2.07. The van der Waals surface area contributed by atoms with Crippen molar-refractivity contribution in [1.29, 1.82) is 0 Å². The number of rotatable bonds is 1. The van der Waals surface area contributed by atoms with Crippen molar-refractivity contribution in [3.63, 3.8) is 0 Å². The molecule has 4 heteroatoms. The number of aromatic amines is 1. The van der Waals surface area contributed by atoms with Crippen LogP contribution in [-0.4, -0.2) is 15.0 Å². The Morgan fingerprint density at radius 3 is 2.69 bits per heavy atom. The highest BCUT2D eigenvalue weighted by Gasteiger charge is 2.09. The Morgan fingerprint density at radius 2 is 2.00 bits per heavy atom. The first-order valence-electron chi connectivity index (χ1n) is 5.08. The molecule has 0 amide bonds. The summed E-state index contributed by atoms with van der Waals surface area (Å²) in [5.74, 6) is 0.627. The van der Waals surface area contributed by atoms with Crippen LogP contribution in [0.2, 0.25) is 0 Å². The molecule has 1 N–H and O–H groups in total. The van der Waals surface area contributed by atoms with Crippen LogP contribution in [0.5, 0.6) is 0 Å². The molecule has 2 rings (SSSR count). The Morgan fingerprint density at radius 1 is 1.25 bits per heavy atom. The monoisotopic (exact) mass is 215 g/mol. The van der Waals surface area contributed by atoms with Crippen LogP contribution in [0.25, 0.3) is 11.3 Å². The number of aryl methyl sites for hydroxylation is 2. The summed E-state index contributed by atoms with van der Waals surface area (Å²) in [4.78, 5) is 22.7. The second-order valence-electron chi connectivity index (χ2n) is 3.82. The van der Waals surface area contributed by atoms with Gasteiger partial charge in [-0.3, -0.25) is 9.78 Å². The van der Waals surface area contributed by atoms with Gasteiger partial charge in [0.1, 0.15) is 5.82 Å². The maximum atomic E-state index is 11.6. The quantitative estimate of drug-likeness (QED) is 0.788. The molecule has 0 aliphatic heterocycles. The van der Waals surface area contributed by atoms with Crippen molar-refractivity contribution >= 4 is 0 Å². The topological polar surface area (TPSA) is 58.6 Å². The fourth-order valence-corrected chi connectivity index (χ4v) is 1.65. The molecule has 0 saturated carbocycles. The molecular formula is C12H13N3O. The van der Waals surface area contributed by atoms with Crippen molar-refractivity contribution in [2.75, 3.05) is 0 Å². The summed E-state index contributed by atoms with van der Waals surface area (Å²) >= 11 is 0. The molecule has 82 valence electrons. The molecule has 0 atom stereocenters. The molecule has 0 spiro atoms. The third kappa shape index (κ3) is 1.74. The van der Waals surface area contributed by atoms with Gasteiger partial charge in [-0.2, -0.15) is 0 Å². The maximum absolute atomic E-state index is 11.6. The zero-order valence-electron chi connectivity index (χ0n) is 9.53. The molecule has 2 aromatic rings. The summed E-state index contributed by atoms with van der Waals surface area (Å²) in [6.45, 7) is 5.52. The van der Waals surface area contributed by atoms with Gasteiger partial charge in [0.15, 0.2) is 0 Å². The summed E-state index contributed by atoms with van der Waals surface area (Å²) in [5, 5.41) is 0. The summed E-state index contributed by atoms with van der Waals surface area (Å²) in [5.41, 5.74) is 3.27. The van der Waals surface area contributed by atoms with Gasteiger partial charge < -0.3 is 4.98 Å². The Bertz CT molecular complexity index is 587. The van der Waals surface area contributed by atoms with E-state index in [1.54, 1.807) is 26.2 Å². The lowest BCUT2D eigenvalue weighted by molar-refractivity contribution is 0.997. The second kappa shape index (κ2) is 3.89. The molecule has 4 nitrogen and oxygen atoms in total. The summed E-state index contributed by atoms with van der Waals surface area (Å²) in [6, 6.07) is 1.88. The van der Waals surface area contributed by atoms with Crippen molar-refractivity contribution < 1.29 is 0 Å². The maximum Gasteiger partial charge on any atom is 0.254 e. The van der Waals surface area contributed by atoms with E-state index in [1.807, 2.05) is 13.0 Å². The van der Waals surface area contributed by atoms with Crippen LogP contribution in [0.4, 0.5) is 0 Å². The Balaban J connectivity index is 2.74. The van der Waals surface area contributed by atoms with Crippen molar-refractivity contribution in [3.8, 4) is 11.3 Å². The van der Waals surface area contributed by atoms with Gasteiger partial charge in [-0.15, -0.1) is 0 Å². The van der Waals surface area contributed by atoms with Gasteiger partial charge in [0, 0.05) is 23.5 Å². The molecule has 0 bridgehead atoms. The first kappa shape index (κ1) is 10.5. The molecule has 0 saturated heterocycles. The van der Waals surface area contributed by atoms with Crippen LogP contribution in [0, 0.1) is 20.8 Å². The number of nitrogens with one attached hydrogen (secondary N) is 1. The van der Waals surface area contributed by atoms with E-state index in [-0.39, 0.29) is 5.56 Å². The third-order valence-corrected chi connectivity index (χ3v) is 2.55. The largest absolute Gasteiger partial charge is 0.311 e. The third-order valence-electron chi connectivity index (χ3n) is 2.55. The molecule has 0 radical (unpaired) electrons. The molecule has 0 aliphatic carbocycles. The molecule has 0 fully saturated rings. The van der Waals surface area contributed by atoms with Gasteiger partial charge in [-0.1, -0.05) is 0 Å². The minimum atomic E-state index is -0.0845. The van der Waals surface area contributed by atoms with Gasteiger partial charge in [0.05, 0.1) is 5.69 Å². The normalized spacial score (nSPS) is 10.4. The standard InChI is InChI=1S/C12H13N3O/c1-7-6-13-5-4-10(7)11-8(2)12(16)15-9(3)14-11/h4-6H,1-3H3,(H,14,15,16). The van der Waals surface area contributed by atoms with Crippen molar-refractivity contribution in [2.45, 2.75) is 20.8 Å². The SMILES string of the molecule is Cc1nc(-c2ccncc2C)c(C)c(=O)[nH]1. The smallest absolute Gasteiger partial charge is 0.254 e. The first-order chi connectivity index (χ1) is 7.59. The molecule has 2 aromatic heterocycles. The minimum Gasteiger partial charge on any atom is -0.311 e. The van der Waals surface area contributed by atoms with Crippen LogP contribution < -0.4 is 5.56 Å². The predicted molar refractivity (Wildman–Crippen MR) is 62.3 cm³/mol.